The number of amides is 1. The molecule has 1 aromatic carbocycles. The van der Waals surface area contributed by atoms with Gasteiger partial charge in [-0.3, -0.25) is 9.89 Å². The van der Waals surface area contributed by atoms with E-state index >= 15 is 0 Å². The number of fused-ring (bicyclic) bond motifs is 1. The molecular formula is C22H22N8O. The largest absolute Gasteiger partial charge is 0.354 e. The first-order valence-corrected chi connectivity index (χ1v) is 10.1. The highest BCUT2D eigenvalue weighted by atomic mass is 16.1. The quantitative estimate of drug-likeness (QED) is 0.529. The first-order valence-electron chi connectivity index (χ1n) is 10.1. The Morgan fingerprint density at radius 3 is 2.71 bits per heavy atom. The Hall–Kier alpha value is -3.85. The van der Waals surface area contributed by atoms with Crippen LogP contribution in [0.5, 0.6) is 0 Å². The summed E-state index contributed by atoms with van der Waals surface area (Å²) in [5, 5.41) is 18.9. The highest BCUT2D eigenvalue weighted by molar-refractivity contribution is 6.04. The first kappa shape index (κ1) is 19.1. The number of nitrogens with one attached hydrogen (secondary N) is 2. The lowest BCUT2D eigenvalue weighted by Crippen LogP contribution is -2.44. The van der Waals surface area contributed by atoms with Gasteiger partial charge in [0.25, 0.3) is 5.91 Å². The number of benzene rings is 1. The van der Waals surface area contributed by atoms with E-state index in [9.17, 15) is 4.79 Å². The fourth-order valence-corrected chi connectivity index (χ4v) is 3.65. The van der Waals surface area contributed by atoms with Crippen molar-refractivity contribution < 1.29 is 4.79 Å². The van der Waals surface area contributed by atoms with E-state index in [1.165, 1.54) is 0 Å². The van der Waals surface area contributed by atoms with Crippen LogP contribution in [0.2, 0.25) is 0 Å². The van der Waals surface area contributed by atoms with Gasteiger partial charge in [0.05, 0.1) is 11.7 Å². The van der Waals surface area contributed by atoms with Crippen LogP contribution in [0, 0.1) is 0 Å². The van der Waals surface area contributed by atoms with E-state index in [0.29, 0.717) is 11.4 Å². The molecule has 0 unspecified atom stereocenters. The fraction of sp³-hybridized carbons (Fsp3) is 0.227. The number of H-pyrrole nitrogens is 1. The summed E-state index contributed by atoms with van der Waals surface area (Å²) in [5.74, 6) is 0.979. The van der Waals surface area contributed by atoms with Gasteiger partial charge in [-0.1, -0.05) is 6.07 Å². The monoisotopic (exact) mass is 414 g/mol. The number of hydrogen-bond donors (Lipinski definition) is 2. The minimum atomic E-state index is -0.239. The molecule has 1 aliphatic heterocycles. The summed E-state index contributed by atoms with van der Waals surface area (Å²) in [5.41, 5.74) is 3.29. The third-order valence-electron chi connectivity index (χ3n) is 5.49. The van der Waals surface area contributed by atoms with Crippen LogP contribution in [0.4, 0.5) is 11.6 Å². The maximum absolute atomic E-state index is 12.8. The Morgan fingerprint density at radius 2 is 1.90 bits per heavy atom. The number of carbonyl (C=O) groups is 1. The smallest absolute Gasteiger partial charge is 0.257 e. The maximum Gasteiger partial charge on any atom is 0.257 e. The highest BCUT2D eigenvalue weighted by Gasteiger charge is 2.17. The van der Waals surface area contributed by atoms with Gasteiger partial charge in [0.15, 0.2) is 5.82 Å². The average molecular weight is 414 g/mol. The zero-order valence-corrected chi connectivity index (χ0v) is 17.1. The molecule has 1 aliphatic rings. The SMILES string of the molecule is CN1CCN(c2cc(C(=O)Nc3cc4cc(-c5cn[nH]c5)ccc4nn3)ccn2)CC1. The fourth-order valence-electron chi connectivity index (χ4n) is 3.65. The van der Waals surface area contributed by atoms with Crippen molar-refractivity contribution in [1.82, 2.24) is 30.3 Å². The van der Waals surface area contributed by atoms with Crippen LogP contribution in [0.1, 0.15) is 10.4 Å². The number of carbonyl (C=O) groups excluding carboxylic acids is 1. The van der Waals surface area contributed by atoms with Crippen LogP contribution >= 0.6 is 0 Å². The Morgan fingerprint density at radius 1 is 1.03 bits per heavy atom. The summed E-state index contributed by atoms with van der Waals surface area (Å²) >= 11 is 0. The molecule has 1 saturated heterocycles. The number of aromatic nitrogens is 5. The molecule has 9 heteroatoms. The van der Waals surface area contributed by atoms with Gasteiger partial charge in [-0.15, -0.1) is 10.2 Å². The first-order chi connectivity index (χ1) is 15.2. The van der Waals surface area contributed by atoms with Gasteiger partial charge in [-0.2, -0.15) is 5.10 Å². The van der Waals surface area contributed by atoms with Crippen molar-refractivity contribution in [3.8, 4) is 11.1 Å². The number of pyridine rings is 1. The summed E-state index contributed by atoms with van der Waals surface area (Å²) in [6, 6.07) is 11.2. The molecule has 156 valence electrons. The summed E-state index contributed by atoms with van der Waals surface area (Å²) in [6.45, 7) is 3.74. The molecule has 1 amide bonds. The summed E-state index contributed by atoms with van der Waals surface area (Å²) < 4.78 is 0. The van der Waals surface area contributed by atoms with Crippen LogP contribution < -0.4 is 10.2 Å². The third kappa shape index (κ3) is 4.08. The topological polar surface area (TPSA) is 103 Å². The number of aromatic amines is 1. The molecule has 4 heterocycles. The predicted octanol–water partition coefficient (Wildman–Crippen LogP) is 2.42. The molecular weight excluding hydrogens is 392 g/mol. The van der Waals surface area contributed by atoms with Crippen molar-refractivity contribution in [2.24, 2.45) is 0 Å². The Balaban J connectivity index is 1.35. The molecule has 4 aromatic rings. The van der Waals surface area contributed by atoms with Crippen LogP contribution in [-0.2, 0) is 0 Å². The number of likely N-dealkylation sites (N-methyl/N-ethyl adjacent to an activating group) is 1. The van der Waals surface area contributed by atoms with Gasteiger partial charge in [0.2, 0.25) is 0 Å². The van der Waals surface area contributed by atoms with Gasteiger partial charge in [-0.05, 0) is 42.9 Å². The van der Waals surface area contributed by atoms with Gasteiger partial charge in [0, 0.05) is 55.1 Å². The third-order valence-corrected chi connectivity index (χ3v) is 5.49. The average Bonchev–Trinajstić information content (AvgIpc) is 3.34. The van der Waals surface area contributed by atoms with Crippen LogP contribution in [0.3, 0.4) is 0 Å². The van der Waals surface area contributed by atoms with Crippen LogP contribution in [-0.4, -0.2) is 69.4 Å². The van der Waals surface area contributed by atoms with Crippen molar-refractivity contribution in [1.29, 1.82) is 0 Å². The van der Waals surface area contributed by atoms with Crippen molar-refractivity contribution in [3.05, 3.63) is 60.6 Å². The number of piperazine rings is 1. The second-order valence-electron chi connectivity index (χ2n) is 7.64. The van der Waals surface area contributed by atoms with Crippen molar-refractivity contribution >= 4 is 28.4 Å². The van der Waals surface area contributed by atoms with E-state index in [-0.39, 0.29) is 5.91 Å². The molecule has 0 aliphatic carbocycles. The molecule has 9 nitrogen and oxygen atoms in total. The molecule has 5 rings (SSSR count). The van der Waals surface area contributed by atoms with Crippen molar-refractivity contribution in [2.75, 3.05) is 43.4 Å². The minimum absolute atomic E-state index is 0.239. The van der Waals surface area contributed by atoms with E-state index < -0.39 is 0 Å². The second kappa shape index (κ2) is 8.11. The number of hydrogen-bond acceptors (Lipinski definition) is 7. The maximum atomic E-state index is 12.8. The summed E-state index contributed by atoms with van der Waals surface area (Å²) in [7, 11) is 2.11. The van der Waals surface area contributed by atoms with E-state index in [4.69, 9.17) is 0 Å². The molecule has 1 fully saturated rings. The summed E-state index contributed by atoms with van der Waals surface area (Å²) in [4.78, 5) is 21.8. The molecule has 0 saturated carbocycles. The Labute approximate surface area is 179 Å². The zero-order valence-electron chi connectivity index (χ0n) is 17.1. The molecule has 31 heavy (non-hydrogen) atoms. The Kier molecular flexibility index (Phi) is 5.01. The molecule has 0 atom stereocenters. The molecule has 0 bridgehead atoms. The number of nitrogens with zero attached hydrogens (tertiary/aromatic N) is 6. The second-order valence-corrected chi connectivity index (χ2v) is 7.64. The molecule has 2 N–H and O–H groups in total. The highest BCUT2D eigenvalue weighted by Crippen LogP contribution is 2.24. The van der Waals surface area contributed by atoms with Gasteiger partial charge >= 0.3 is 0 Å². The molecule has 3 aromatic heterocycles. The predicted molar refractivity (Wildman–Crippen MR) is 119 cm³/mol. The van der Waals surface area contributed by atoms with E-state index in [0.717, 1.165) is 54.0 Å². The zero-order chi connectivity index (χ0) is 21.2. The van der Waals surface area contributed by atoms with E-state index in [2.05, 4.69) is 47.5 Å². The number of rotatable bonds is 4. The number of anilines is 2. The van der Waals surface area contributed by atoms with E-state index in [1.54, 1.807) is 18.5 Å². The summed E-state index contributed by atoms with van der Waals surface area (Å²) in [6.07, 6.45) is 5.27. The molecule has 0 radical (unpaired) electrons. The normalized spacial score (nSPS) is 14.7. The van der Waals surface area contributed by atoms with Crippen LogP contribution in [0.15, 0.2) is 55.0 Å². The lowest BCUT2D eigenvalue weighted by Gasteiger charge is -2.33. The lowest BCUT2D eigenvalue weighted by molar-refractivity contribution is 0.102. The molecule has 0 spiro atoms. The van der Waals surface area contributed by atoms with Gasteiger partial charge in [0.1, 0.15) is 5.82 Å². The van der Waals surface area contributed by atoms with Crippen LogP contribution in [0.25, 0.3) is 22.0 Å². The lowest BCUT2D eigenvalue weighted by atomic mass is 10.1. The Bertz CT molecular complexity index is 1220. The van der Waals surface area contributed by atoms with Crippen molar-refractivity contribution in [3.63, 3.8) is 0 Å². The minimum Gasteiger partial charge on any atom is -0.354 e. The van der Waals surface area contributed by atoms with Gasteiger partial charge in [-0.25, -0.2) is 4.98 Å². The standard InChI is InChI=1S/C22H22N8O/c1-29-6-8-30(9-7-29)21-12-16(4-5-23-21)22(31)26-20-11-17-10-15(18-13-24-25-14-18)2-3-19(17)27-28-20/h2-5,10-14H,6-9H2,1H3,(H,24,25)(H,26,28,31). The van der Waals surface area contributed by atoms with Crippen molar-refractivity contribution in [2.45, 2.75) is 0 Å². The van der Waals surface area contributed by atoms with Gasteiger partial charge < -0.3 is 15.1 Å². The van der Waals surface area contributed by atoms with E-state index in [1.807, 2.05) is 36.5 Å².